The first kappa shape index (κ1) is 17.4. The predicted molar refractivity (Wildman–Crippen MR) is 72.2 cm³/mol. The molecule has 0 unspecified atom stereocenters. The van der Waals surface area contributed by atoms with E-state index in [-0.39, 0.29) is 24.4 Å². The van der Waals surface area contributed by atoms with Crippen molar-refractivity contribution in [3.8, 4) is 0 Å². The van der Waals surface area contributed by atoms with E-state index in [9.17, 15) is 13.2 Å². The Hall–Kier alpha value is -0.586. The normalized spacial score (nSPS) is 11.6. The number of benzene rings is 1. The van der Waals surface area contributed by atoms with Crippen LogP contribution >= 0.6 is 0 Å². The second kappa shape index (κ2) is 6.04. The topological polar surface area (TPSA) is 80.7 Å². The molecule has 0 aliphatic carbocycles. The summed E-state index contributed by atoms with van der Waals surface area (Å²) in [5.41, 5.74) is -0.141. The molecule has 96 valence electrons. The van der Waals surface area contributed by atoms with Gasteiger partial charge in [-0.1, -0.05) is 12.1 Å². The van der Waals surface area contributed by atoms with E-state index in [2.05, 4.69) is 0 Å². The monoisotopic (exact) mass is 282 g/mol. The quantitative estimate of drug-likeness (QED) is 0.667. The molecule has 0 bridgehead atoms. The Labute approximate surface area is 120 Å². The summed E-state index contributed by atoms with van der Waals surface area (Å²) in [6, 6.07) is 5.41. The van der Waals surface area contributed by atoms with Gasteiger partial charge >= 0.3 is 24.8 Å². The van der Waals surface area contributed by atoms with E-state index in [0.717, 1.165) is 6.07 Å². The third-order valence-electron chi connectivity index (χ3n) is 1.78. The van der Waals surface area contributed by atoms with E-state index in [4.69, 9.17) is 8.98 Å². The predicted octanol–water partition coefficient (Wildman–Crippen LogP) is 1.28. The molecule has 5 nitrogen and oxygen atoms in total. The molecular formula is C10H15LiO5SSi. The zero-order chi connectivity index (χ0) is 13.3. The average Bonchev–Trinajstić information content (AvgIpc) is 2.13. The minimum atomic E-state index is -4.42. The third kappa shape index (κ3) is 4.96. The zero-order valence-corrected chi connectivity index (χ0v) is 11.6. The first-order valence-corrected chi connectivity index (χ1v) is 9.76. The average molecular weight is 282 g/mol. The molecule has 1 rings (SSSR count). The molecule has 0 amide bonds. The molecule has 18 heavy (non-hydrogen) atoms. The van der Waals surface area contributed by atoms with Gasteiger partial charge in [0.25, 0.3) is 10.1 Å². The van der Waals surface area contributed by atoms with Crippen molar-refractivity contribution < 1.29 is 22.2 Å². The van der Waals surface area contributed by atoms with Crippen LogP contribution in [0, 0.1) is 0 Å². The molecular weight excluding hydrogens is 267 g/mol. The minimum absolute atomic E-state index is 0. The van der Waals surface area contributed by atoms with E-state index >= 15 is 0 Å². The van der Waals surface area contributed by atoms with Crippen molar-refractivity contribution in [1.82, 2.24) is 0 Å². The molecule has 0 aliphatic heterocycles. The van der Waals surface area contributed by atoms with Gasteiger partial charge in [0.1, 0.15) is 4.90 Å². The first-order chi connectivity index (χ1) is 7.61. The van der Waals surface area contributed by atoms with Crippen molar-refractivity contribution in [2.45, 2.75) is 24.5 Å². The van der Waals surface area contributed by atoms with E-state index < -0.39 is 29.3 Å². The van der Waals surface area contributed by atoms with Crippen LogP contribution in [0.5, 0.6) is 0 Å². The summed E-state index contributed by atoms with van der Waals surface area (Å²) in [5.74, 6) is -0.725. The summed E-state index contributed by atoms with van der Waals surface area (Å²) in [6.45, 7) is 5.42. The first-order valence-electron chi connectivity index (χ1n) is 4.91. The van der Waals surface area contributed by atoms with Gasteiger partial charge in [-0.05, 0) is 31.8 Å². The van der Waals surface area contributed by atoms with Crippen molar-refractivity contribution in [2.24, 2.45) is 0 Å². The van der Waals surface area contributed by atoms with E-state index in [0.29, 0.717) is 0 Å². The molecule has 0 atom stereocenters. The Morgan fingerprint density at radius 3 is 2.17 bits per heavy atom. The number of carbonyl (C=O) groups is 1. The van der Waals surface area contributed by atoms with Gasteiger partial charge < -0.3 is 4.43 Å². The molecule has 8 heteroatoms. The van der Waals surface area contributed by atoms with Crippen LogP contribution in [0.15, 0.2) is 29.2 Å². The van der Waals surface area contributed by atoms with E-state index in [1.807, 2.05) is 0 Å². The third-order valence-corrected chi connectivity index (χ3v) is 3.49. The van der Waals surface area contributed by atoms with Crippen molar-refractivity contribution in [3.63, 3.8) is 0 Å². The Morgan fingerprint density at radius 2 is 1.72 bits per heavy atom. The van der Waals surface area contributed by atoms with E-state index in [1.54, 1.807) is 19.6 Å². The van der Waals surface area contributed by atoms with Crippen LogP contribution in [0.2, 0.25) is 19.6 Å². The van der Waals surface area contributed by atoms with Gasteiger partial charge in [-0.2, -0.15) is 8.42 Å². The van der Waals surface area contributed by atoms with Gasteiger partial charge in [-0.15, -0.1) is 0 Å². The summed E-state index contributed by atoms with van der Waals surface area (Å²) in [5, 5.41) is 0. The Morgan fingerprint density at radius 1 is 1.22 bits per heavy atom. The zero-order valence-electron chi connectivity index (χ0n) is 9.80. The molecule has 0 heterocycles. The molecule has 1 aromatic carbocycles. The fraction of sp³-hybridized carbons (Fsp3) is 0.300. The summed E-state index contributed by atoms with van der Waals surface area (Å²) in [6.07, 6.45) is 0. The van der Waals surface area contributed by atoms with Crippen LogP contribution in [-0.4, -0.2) is 46.1 Å². The van der Waals surface area contributed by atoms with Crippen LogP contribution in [0.4, 0.5) is 0 Å². The summed E-state index contributed by atoms with van der Waals surface area (Å²) < 4.78 is 36.3. The fourth-order valence-electron chi connectivity index (χ4n) is 1.19. The van der Waals surface area contributed by atoms with Gasteiger partial charge in [-0.3, -0.25) is 4.55 Å². The van der Waals surface area contributed by atoms with Crippen LogP contribution in [-0.2, 0) is 14.5 Å². The van der Waals surface area contributed by atoms with Crippen LogP contribution in [0.3, 0.4) is 0 Å². The number of hydrogen-bond acceptors (Lipinski definition) is 4. The SMILES string of the molecule is C[Si](C)(C)OC(=O)c1ccccc1S(=O)(=O)O.[LiH]. The number of rotatable bonds is 3. The Kier molecular flexibility index (Phi) is 5.84. The maximum atomic E-state index is 11.8. The summed E-state index contributed by atoms with van der Waals surface area (Å²) >= 11 is 0. The van der Waals surface area contributed by atoms with Gasteiger partial charge in [0.2, 0.25) is 8.32 Å². The second-order valence-corrected chi connectivity index (χ2v) is 10.3. The van der Waals surface area contributed by atoms with E-state index in [1.165, 1.54) is 18.2 Å². The molecule has 0 spiro atoms. The molecule has 0 saturated carbocycles. The number of carbonyl (C=O) groups excluding carboxylic acids is 1. The van der Waals surface area contributed by atoms with Crippen molar-refractivity contribution in [2.75, 3.05) is 0 Å². The Bertz CT molecular complexity index is 535. The molecule has 1 aromatic rings. The number of hydrogen-bond donors (Lipinski definition) is 1. The molecule has 0 saturated heterocycles. The molecule has 0 aromatic heterocycles. The van der Waals surface area contributed by atoms with Gasteiger partial charge in [-0.25, -0.2) is 4.79 Å². The molecule has 0 radical (unpaired) electrons. The van der Waals surface area contributed by atoms with Gasteiger partial charge in [0, 0.05) is 0 Å². The standard InChI is InChI=1S/C10H14O5SSi.Li.H/c1-17(2,3)15-10(11)8-6-4-5-7-9(8)16(12,13)14;;/h4-7H,1-3H3,(H,12,13,14);;. The van der Waals surface area contributed by atoms with Crippen LogP contribution < -0.4 is 0 Å². The second-order valence-electron chi connectivity index (χ2n) is 4.47. The summed E-state index contributed by atoms with van der Waals surface area (Å²) in [7, 11) is -6.53. The molecule has 0 fully saturated rings. The Balaban J connectivity index is 0.00000289. The maximum absolute atomic E-state index is 11.8. The fourth-order valence-corrected chi connectivity index (χ4v) is 2.54. The van der Waals surface area contributed by atoms with Gasteiger partial charge in [0.05, 0.1) is 5.56 Å². The van der Waals surface area contributed by atoms with Gasteiger partial charge in [0.15, 0.2) is 0 Å². The van der Waals surface area contributed by atoms with Crippen molar-refractivity contribution in [3.05, 3.63) is 29.8 Å². The molecule has 1 N–H and O–H groups in total. The molecule has 0 aliphatic rings. The van der Waals surface area contributed by atoms with Crippen LogP contribution in [0.25, 0.3) is 0 Å². The summed E-state index contributed by atoms with van der Waals surface area (Å²) in [4.78, 5) is 11.3. The van der Waals surface area contributed by atoms with Crippen LogP contribution in [0.1, 0.15) is 10.4 Å². The van der Waals surface area contributed by atoms with Crippen molar-refractivity contribution >= 4 is 43.3 Å². The van der Waals surface area contributed by atoms with Crippen molar-refractivity contribution in [1.29, 1.82) is 0 Å².